The molecule has 0 saturated heterocycles. The summed E-state index contributed by atoms with van der Waals surface area (Å²) in [5.41, 5.74) is 2.28. The van der Waals surface area contributed by atoms with Crippen molar-refractivity contribution in [3.05, 3.63) is 11.6 Å². The third-order valence-corrected chi connectivity index (χ3v) is 11.3. The summed E-state index contributed by atoms with van der Waals surface area (Å²) in [7, 11) is 0. The molecule has 1 N–H and O–H groups in total. The highest BCUT2D eigenvalue weighted by molar-refractivity contribution is 5.66. The van der Waals surface area contributed by atoms with Gasteiger partial charge in [-0.3, -0.25) is 4.79 Å². The van der Waals surface area contributed by atoms with Crippen molar-refractivity contribution < 1.29 is 14.6 Å². The van der Waals surface area contributed by atoms with Crippen LogP contribution in [0, 0.1) is 46.3 Å². The molecule has 3 nitrogen and oxygen atoms in total. The first kappa shape index (κ1) is 22.9. The number of fused-ring (bicyclic) bond motifs is 5. The summed E-state index contributed by atoms with van der Waals surface area (Å²) in [6.45, 7) is 9.02. The summed E-state index contributed by atoms with van der Waals surface area (Å²) in [5.74, 6) is 4.29. The molecule has 0 aromatic heterocycles. The maximum absolute atomic E-state index is 11.5. The highest BCUT2D eigenvalue weighted by Gasteiger charge is 2.59. The Labute approximate surface area is 195 Å². The topological polar surface area (TPSA) is 46.5 Å². The number of allylic oxidation sites excluding steroid dienone is 1. The second kappa shape index (κ2) is 8.43. The van der Waals surface area contributed by atoms with E-state index >= 15 is 0 Å². The number of rotatable bonds is 6. The Morgan fingerprint density at radius 3 is 2.62 bits per heavy atom. The van der Waals surface area contributed by atoms with Gasteiger partial charge in [0.05, 0.1) is 6.10 Å². The lowest BCUT2D eigenvalue weighted by atomic mass is 9.47. The van der Waals surface area contributed by atoms with Gasteiger partial charge in [0.2, 0.25) is 0 Å². The van der Waals surface area contributed by atoms with Crippen LogP contribution in [-0.2, 0) is 9.53 Å². The molecule has 0 radical (unpaired) electrons. The quantitative estimate of drug-likeness (QED) is 0.368. The molecule has 4 fully saturated rings. The second-order valence-corrected chi connectivity index (χ2v) is 12.9. The first-order chi connectivity index (χ1) is 15.2. The predicted molar refractivity (Wildman–Crippen MR) is 128 cm³/mol. The monoisotopic (exact) mass is 442 g/mol. The minimum Gasteiger partial charge on any atom is -0.462 e. The van der Waals surface area contributed by atoms with E-state index in [0.29, 0.717) is 22.7 Å². The average Bonchev–Trinajstić information content (AvgIpc) is 3.51. The van der Waals surface area contributed by atoms with Gasteiger partial charge in [0.1, 0.15) is 6.10 Å². The number of carbonyl (C=O) groups excluding carboxylic acids is 1. The molecule has 180 valence electrons. The lowest BCUT2D eigenvalue weighted by molar-refractivity contribution is -0.148. The molecule has 4 saturated carbocycles. The number of aliphatic hydroxyl groups is 1. The van der Waals surface area contributed by atoms with Crippen molar-refractivity contribution in [2.45, 2.75) is 117 Å². The summed E-state index contributed by atoms with van der Waals surface area (Å²) in [4.78, 5) is 11.5. The highest BCUT2D eigenvalue weighted by atomic mass is 16.5. The standard InChI is InChI=1S/C29H46O3/c1-18(27(31)12-7-20-5-6-20)24-10-11-25-23-9-8-21-17-22(32-19(2)30)13-15-28(21,3)26(23)14-16-29(24,25)4/h8,18,20,22-27,31H,5-7,9-17H2,1-4H3/t18-,22+,23-,24+,25-,26-,27-,28-,29+/m0/s1. The van der Waals surface area contributed by atoms with E-state index in [1.54, 1.807) is 12.5 Å². The van der Waals surface area contributed by atoms with Crippen molar-refractivity contribution in [3.63, 3.8) is 0 Å². The second-order valence-electron chi connectivity index (χ2n) is 12.9. The first-order valence-electron chi connectivity index (χ1n) is 13.8. The van der Waals surface area contributed by atoms with Crippen LogP contribution in [0.25, 0.3) is 0 Å². The van der Waals surface area contributed by atoms with Crippen LogP contribution in [-0.4, -0.2) is 23.3 Å². The number of hydrogen-bond acceptors (Lipinski definition) is 3. The maximum Gasteiger partial charge on any atom is 0.302 e. The molecule has 0 aromatic carbocycles. The molecule has 9 atom stereocenters. The summed E-state index contributed by atoms with van der Waals surface area (Å²) in [6.07, 6.45) is 17.3. The van der Waals surface area contributed by atoms with Crippen LogP contribution in [0.5, 0.6) is 0 Å². The molecule has 5 rings (SSSR count). The third kappa shape index (κ3) is 3.89. The molecule has 3 heteroatoms. The van der Waals surface area contributed by atoms with Gasteiger partial charge in [0.15, 0.2) is 0 Å². The zero-order valence-electron chi connectivity index (χ0n) is 20.9. The van der Waals surface area contributed by atoms with Gasteiger partial charge < -0.3 is 9.84 Å². The molecule has 0 bridgehead atoms. The van der Waals surface area contributed by atoms with Gasteiger partial charge >= 0.3 is 5.97 Å². The van der Waals surface area contributed by atoms with Crippen LogP contribution in [0.1, 0.15) is 105 Å². The maximum atomic E-state index is 11.5. The van der Waals surface area contributed by atoms with Crippen molar-refractivity contribution in [1.29, 1.82) is 0 Å². The van der Waals surface area contributed by atoms with Crippen molar-refractivity contribution in [3.8, 4) is 0 Å². The SMILES string of the molecule is CC(=O)O[C@@H]1CC[C@@]2(C)C(=CC[C@H]3[C@@H]4CC[C@H]([C@H](C)[C@@H](O)CCC5CC5)[C@@]4(C)CC[C@@H]32)C1. The van der Waals surface area contributed by atoms with Crippen molar-refractivity contribution in [1.82, 2.24) is 0 Å². The molecule has 0 aromatic rings. The Morgan fingerprint density at radius 2 is 1.91 bits per heavy atom. The van der Waals surface area contributed by atoms with E-state index in [1.165, 1.54) is 57.8 Å². The van der Waals surface area contributed by atoms with Crippen molar-refractivity contribution >= 4 is 5.97 Å². The van der Waals surface area contributed by atoms with Crippen LogP contribution >= 0.6 is 0 Å². The number of carbonyl (C=O) groups is 1. The number of aliphatic hydroxyl groups excluding tert-OH is 1. The van der Waals surface area contributed by atoms with Gasteiger partial charge in [0, 0.05) is 13.3 Å². The Kier molecular flexibility index (Phi) is 6.05. The molecule has 32 heavy (non-hydrogen) atoms. The summed E-state index contributed by atoms with van der Waals surface area (Å²) in [5, 5.41) is 11.0. The summed E-state index contributed by atoms with van der Waals surface area (Å²) in [6, 6.07) is 0. The van der Waals surface area contributed by atoms with Gasteiger partial charge in [-0.1, -0.05) is 45.3 Å². The predicted octanol–water partition coefficient (Wildman–Crippen LogP) is 6.68. The van der Waals surface area contributed by atoms with Gasteiger partial charge in [-0.15, -0.1) is 0 Å². The van der Waals surface area contributed by atoms with E-state index in [0.717, 1.165) is 42.9 Å². The lowest BCUT2D eigenvalue weighted by Crippen LogP contribution is -2.51. The van der Waals surface area contributed by atoms with Crippen LogP contribution in [0.15, 0.2) is 11.6 Å². The Hall–Kier alpha value is -0.830. The molecule has 5 aliphatic rings. The van der Waals surface area contributed by atoms with Crippen molar-refractivity contribution in [2.75, 3.05) is 0 Å². The van der Waals surface area contributed by atoms with E-state index in [-0.39, 0.29) is 18.2 Å². The highest BCUT2D eigenvalue weighted by Crippen LogP contribution is 2.67. The average molecular weight is 443 g/mol. The van der Waals surface area contributed by atoms with Crippen LogP contribution in [0.2, 0.25) is 0 Å². The zero-order chi connectivity index (χ0) is 22.7. The van der Waals surface area contributed by atoms with Gasteiger partial charge in [-0.05, 0) is 104 Å². The van der Waals surface area contributed by atoms with E-state index in [4.69, 9.17) is 4.74 Å². The fraction of sp³-hybridized carbons (Fsp3) is 0.897. The Balaban J connectivity index is 1.30. The minimum atomic E-state index is -0.133. The number of hydrogen-bond donors (Lipinski definition) is 1. The minimum absolute atomic E-state index is 0.0890. The van der Waals surface area contributed by atoms with E-state index in [9.17, 15) is 9.90 Å². The fourth-order valence-electron chi connectivity index (χ4n) is 9.21. The number of esters is 1. The molecule has 5 aliphatic carbocycles. The molecular weight excluding hydrogens is 396 g/mol. The Bertz CT molecular complexity index is 754. The normalized spacial score (nSPS) is 45.2. The molecule has 0 amide bonds. The summed E-state index contributed by atoms with van der Waals surface area (Å²) < 4.78 is 5.60. The smallest absolute Gasteiger partial charge is 0.302 e. The van der Waals surface area contributed by atoms with E-state index in [2.05, 4.69) is 26.8 Å². The zero-order valence-corrected chi connectivity index (χ0v) is 20.9. The molecule has 0 unspecified atom stereocenters. The van der Waals surface area contributed by atoms with Crippen LogP contribution in [0.3, 0.4) is 0 Å². The van der Waals surface area contributed by atoms with E-state index in [1.807, 2.05) is 0 Å². The molecule has 0 aliphatic heterocycles. The molecule has 0 heterocycles. The number of ether oxygens (including phenoxy) is 1. The summed E-state index contributed by atoms with van der Waals surface area (Å²) >= 11 is 0. The van der Waals surface area contributed by atoms with Gasteiger partial charge in [0.25, 0.3) is 0 Å². The Morgan fingerprint density at radius 1 is 1.12 bits per heavy atom. The first-order valence-corrected chi connectivity index (χ1v) is 13.8. The molecular formula is C29H46O3. The lowest BCUT2D eigenvalue weighted by Gasteiger charge is -2.58. The largest absolute Gasteiger partial charge is 0.462 e. The van der Waals surface area contributed by atoms with E-state index < -0.39 is 0 Å². The van der Waals surface area contributed by atoms with Crippen LogP contribution < -0.4 is 0 Å². The van der Waals surface area contributed by atoms with Gasteiger partial charge in [-0.2, -0.15) is 0 Å². The van der Waals surface area contributed by atoms with Crippen LogP contribution in [0.4, 0.5) is 0 Å². The fourth-order valence-corrected chi connectivity index (χ4v) is 9.21. The van der Waals surface area contributed by atoms with Crippen molar-refractivity contribution in [2.24, 2.45) is 46.3 Å². The van der Waals surface area contributed by atoms with Gasteiger partial charge in [-0.25, -0.2) is 0 Å². The molecule has 0 spiro atoms. The third-order valence-electron chi connectivity index (χ3n) is 11.3.